The minimum absolute atomic E-state index is 0.155. The maximum atomic E-state index is 12.6. The van der Waals surface area contributed by atoms with Gasteiger partial charge in [-0.05, 0) is 23.8 Å². The summed E-state index contributed by atoms with van der Waals surface area (Å²) in [5.41, 5.74) is 2.36. The van der Waals surface area contributed by atoms with Crippen molar-refractivity contribution in [3.8, 4) is 0 Å². The molecule has 0 bridgehead atoms. The molecule has 0 saturated heterocycles. The summed E-state index contributed by atoms with van der Waals surface area (Å²) in [6.45, 7) is 6.62. The molecule has 0 atom stereocenters. The summed E-state index contributed by atoms with van der Waals surface area (Å²) in [6.07, 6.45) is 8.55. The second-order valence-electron chi connectivity index (χ2n) is 7.23. The molecule has 1 aliphatic carbocycles. The molecule has 1 aromatic rings. The van der Waals surface area contributed by atoms with E-state index in [0.29, 0.717) is 5.78 Å². The average molecular weight is 272 g/mol. The van der Waals surface area contributed by atoms with Crippen molar-refractivity contribution >= 4 is 5.78 Å². The van der Waals surface area contributed by atoms with Crippen molar-refractivity contribution in [2.24, 2.45) is 5.92 Å². The molecule has 0 radical (unpaired) electrons. The molecule has 1 nitrogen and oxygen atoms in total. The van der Waals surface area contributed by atoms with E-state index in [2.05, 4.69) is 32.9 Å². The first-order valence-corrected chi connectivity index (χ1v) is 8.13. The van der Waals surface area contributed by atoms with Crippen LogP contribution in [0.1, 0.15) is 81.6 Å². The van der Waals surface area contributed by atoms with Gasteiger partial charge in [0.15, 0.2) is 5.78 Å². The smallest absolute Gasteiger partial charge is 0.165 e. The van der Waals surface area contributed by atoms with E-state index in [1.165, 1.54) is 37.7 Å². The van der Waals surface area contributed by atoms with Crippen LogP contribution in [-0.4, -0.2) is 5.78 Å². The fourth-order valence-electron chi connectivity index (χ4n) is 3.09. The third kappa shape index (κ3) is 3.94. The van der Waals surface area contributed by atoms with Gasteiger partial charge in [0.05, 0.1) is 0 Å². The zero-order valence-corrected chi connectivity index (χ0v) is 13.2. The normalized spacial score (nSPS) is 18.4. The van der Waals surface area contributed by atoms with Crippen LogP contribution in [0.5, 0.6) is 0 Å². The lowest BCUT2D eigenvalue weighted by atomic mass is 9.83. The standard InChI is InChI=1S/C19H28O/c1-19(2,3)17-13-11-16(12-14-17)18(20)15-9-7-5-4-6-8-10-15/h11-15H,4-10H2,1-3H3. The van der Waals surface area contributed by atoms with E-state index in [1.54, 1.807) is 0 Å². The molecular formula is C19H28O. The zero-order chi connectivity index (χ0) is 14.6. The molecule has 1 aliphatic rings. The highest BCUT2D eigenvalue weighted by Crippen LogP contribution is 2.27. The van der Waals surface area contributed by atoms with E-state index in [9.17, 15) is 4.79 Å². The van der Waals surface area contributed by atoms with E-state index >= 15 is 0 Å². The van der Waals surface area contributed by atoms with Crippen molar-refractivity contribution < 1.29 is 4.79 Å². The summed E-state index contributed by atoms with van der Waals surface area (Å²) in [5, 5.41) is 0. The minimum Gasteiger partial charge on any atom is -0.294 e. The zero-order valence-electron chi connectivity index (χ0n) is 13.2. The molecule has 0 aliphatic heterocycles. The van der Waals surface area contributed by atoms with Crippen LogP contribution in [0.2, 0.25) is 0 Å². The quantitative estimate of drug-likeness (QED) is 0.647. The Labute approximate surface area is 123 Å². The Hall–Kier alpha value is -1.11. The van der Waals surface area contributed by atoms with Crippen LogP contribution in [0.3, 0.4) is 0 Å². The molecule has 1 aromatic carbocycles. The molecule has 0 amide bonds. The minimum atomic E-state index is 0.155. The molecule has 0 heterocycles. The molecule has 0 N–H and O–H groups in total. The largest absolute Gasteiger partial charge is 0.294 e. The monoisotopic (exact) mass is 272 g/mol. The summed E-state index contributed by atoms with van der Waals surface area (Å²) >= 11 is 0. The van der Waals surface area contributed by atoms with Gasteiger partial charge < -0.3 is 0 Å². The van der Waals surface area contributed by atoms with E-state index in [-0.39, 0.29) is 11.3 Å². The molecule has 1 fully saturated rings. The van der Waals surface area contributed by atoms with Crippen molar-refractivity contribution in [3.63, 3.8) is 0 Å². The molecular weight excluding hydrogens is 244 g/mol. The Bertz CT molecular complexity index is 428. The van der Waals surface area contributed by atoms with Crippen LogP contribution in [0, 0.1) is 5.92 Å². The molecule has 110 valence electrons. The molecule has 1 saturated carbocycles. The van der Waals surface area contributed by atoms with Crippen molar-refractivity contribution in [1.82, 2.24) is 0 Å². The topological polar surface area (TPSA) is 17.1 Å². The van der Waals surface area contributed by atoms with Crippen LogP contribution in [-0.2, 0) is 5.41 Å². The number of benzene rings is 1. The maximum absolute atomic E-state index is 12.6. The second-order valence-corrected chi connectivity index (χ2v) is 7.23. The van der Waals surface area contributed by atoms with Crippen molar-refractivity contribution in [1.29, 1.82) is 0 Å². The first-order chi connectivity index (χ1) is 9.48. The number of Topliss-reactive ketones (excluding diaryl/α,β-unsaturated/α-hetero) is 1. The van der Waals surface area contributed by atoms with Crippen LogP contribution in [0.4, 0.5) is 0 Å². The molecule has 2 rings (SSSR count). The van der Waals surface area contributed by atoms with Gasteiger partial charge in [0, 0.05) is 11.5 Å². The highest BCUT2D eigenvalue weighted by atomic mass is 16.1. The Kier molecular flexibility index (Phi) is 5.01. The summed E-state index contributed by atoms with van der Waals surface area (Å²) in [7, 11) is 0. The van der Waals surface area contributed by atoms with Gasteiger partial charge in [0.1, 0.15) is 0 Å². The van der Waals surface area contributed by atoms with E-state index < -0.39 is 0 Å². The molecule has 0 unspecified atom stereocenters. The summed E-state index contributed by atoms with van der Waals surface area (Å²) < 4.78 is 0. The van der Waals surface area contributed by atoms with Gasteiger partial charge in [-0.3, -0.25) is 4.79 Å². The first-order valence-electron chi connectivity index (χ1n) is 8.13. The van der Waals surface area contributed by atoms with Crippen LogP contribution < -0.4 is 0 Å². The lowest BCUT2D eigenvalue weighted by Crippen LogP contribution is -2.17. The average Bonchev–Trinajstić information content (AvgIpc) is 2.37. The molecule has 20 heavy (non-hydrogen) atoms. The molecule has 1 heteroatoms. The van der Waals surface area contributed by atoms with E-state index in [4.69, 9.17) is 0 Å². The number of hydrogen-bond donors (Lipinski definition) is 0. The van der Waals surface area contributed by atoms with Gasteiger partial charge >= 0.3 is 0 Å². The predicted octanol–water partition coefficient (Wildman–Crippen LogP) is 5.53. The van der Waals surface area contributed by atoms with E-state index in [0.717, 1.165) is 18.4 Å². The van der Waals surface area contributed by atoms with Crippen LogP contribution in [0.25, 0.3) is 0 Å². The van der Waals surface area contributed by atoms with Gasteiger partial charge in [-0.15, -0.1) is 0 Å². The van der Waals surface area contributed by atoms with Crippen molar-refractivity contribution in [3.05, 3.63) is 35.4 Å². The van der Waals surface area contributed by atoms with Crippen molar-refractivity contribution in [2.75, 3.05) is 0 Å². The third-order valence-electron chi connectivity index (χ3n) is 4.51. The molecule has 0 spiro atoms. The van der Waals surface area contributed by atoms with Gasteiger partial charge in [0.25, 0.3) is 0 Å². The second kappa shape index (κ2) is 6.56. The lowest BCUT2D eigenvalue weighted by Gasteiger charge is -2.21. The fourth-order valence-corrected chi connectivity index (χ4v) is 3.09. The fraction of sp³-hybridized carbons (Fsp3) is 0.632. The van der Waals surface area contributed by atoms with Crippen LogP contribution >= 0.6 is 0 Å². The lowest BCUT2D eigenvalue weighted by molar-refractivity contribution is 0.0898. The first kappa shape index (κ1) is 15.3. The highest BCUT2D eigenvalue weighted by Gasteiger charge is 2.21. The van der Waals surface area contributed by atoms with Gasteiger partial charge in [0.2, 0.25) is 0 Å². The predicted molar refractivity (Wildman–Crippen MR) is 85.3 cm³/mol. The Balaban J connectivity index is 2.08. The summed E-state index contributed by atoms with van der Waals surface area (Å²) in [6, 6.07) is 8.30. The van der Waals surface area contributed by atoms with Crippen LogP contribution in [0.15, 0.2) is 24.3 Å². The number of hydrogen-bond acceptors (Lipinski definition) is 1. The SMILES string of the molecule is CC(C)(C)c1ccc(C(=O)C2CCCCCCC2)cc1. The molecule has 0 aromatic heterocycles. The van der Waals surface area contributed by atoms with Crippen molar-refractivity contribution in [2.45, 2.75) is 71.1 Å². The Morgan fingerprint density at radius 2 is 1.40 bits per heavy atom. The summed E-state index contributed by atoms with van der Waals surface area (Å²) in [4.78, 5) is 12.6. The highest BCUT2D eigenvalue weighted by molar-refractivity contribution is 5.97. The number of carbonyl (C=O) groups is 1. The maximum Gasteiger partial charge on any atom is 0.165 e. The summed E-state index contributed by atoms with van der Waals surface area (Å²) in [5.74, 6) is 0.628. The van der Waals surface area contributed by atoms with Gasteiger partial charge in [-0.1, -0.05) is 77.1 Å². The Morgan fingerprint density at radius 1 is 0.900 bits per heavy atom. The van der Waals surface area contributed by atoms with Gasteiger partial charge in [-0.2, -0.15) is 0 Å². The number of carbonyl (C=O) groups excluding carboxylic acids is 1. The third-order valence-corrected chi connectivity index (χ3v) is 4.51. The van der Waals surface area contributed by atoms with E-state index in [1.807, 2.05) is 12.1 Å². The Morgan fingerprint density at radius 3 is 1.90 bits per heavy atom. The van der Waals surface area contributed by atoms with Gasteiger partial charge in [-0.25, -0.2) is 0 Å². The number of ketones is 1. The number of rotatable bonds is 2.